The van der Waals surface area contributed by atoms with E-state index in [9.17, 15) is 9.59 Å². The predicted octanol–water partition coefficient (Wildman–Crippen LogP) is 2.39. The summed E-state index contributed by atoms with van der Waals surface area (Å²) >= 11 is 1.65. The largest absolute Gasteiger partial charge is 0.358 e. The van der Waals surface area contributed by atoms with Gasteiger partial charge in [-0.2, -0.15) is 0 Å². The molecule has 0 unspecified atom stereocenters. The molecule has 2 N–H and O–H groups in total. The molecule has 0 bridgehead atoms. The molecule has 7 nitrogen and oxygen atoms in total. The minimum atomic E-state index is -0.217. The Morgan fingerprint density at radius 1 is 1.33 bits per heavy atom. The number of nitrogens with zero attached hydrogens (tertiary/aromatic N) is 3. The lowest BCUT2D eigenvalue weighted by molar-refractivity contribution is -0.121. The molecule has 2 amide bonds. The SMILES string of the molecule is CNC(=O)Cn1cnc(NC(=O)c2csc(C3CCCCC3)c2)n1. The Morgan fingerprint density at radius 3 is 2.88 bits per heavy atom. The summed E-state index contributed by atoms with van der Waals surface area (Å²) in [6.07, 6.45) is 7.72. The van der Waals surface area contributed by atoms with Gasteiger partial charge in [0.15, 0.2) is 0 Å². The molecule has 3 rings (SSSR count). The summed E-state index contributed by atoms with van der Waals surface area (Å²) in [5.74, 6) is 0.406. The molecule has 0 radical (unpaired) electrons. The first-order valence-corrected chi connectivity index (χ1v) is 9.03. The van der Waals surface area contributed by atoms with Crippen LogP contribution in [-0.4, -0.2) is 33.6 Å². The monoisotopic (exact) mass is 347 g/mol. The van der Waals surface area contributed by atoms with Gasteiger partial charge in [0.2, 0.25) is 11.9 Å². The van der Waals surface area contributed by atoms with E-state index in [4.69, 9.17) is 0 Å². The quantitative estimate of drug-likeness (QED) is 0.869. The van der Waals surface area contributed by atoms with E-state index >= 15 is 0 Å². The Balaban J connectivity index is 1.60. The Labute approximate surface area is 144 Å². The highest BCUT2D eigenvalue weighted by atomic mass is 32.1. The van der Waals surface area contributed by atoms with Crippen LogP contribution in [0.2, 0.25) is 0 Å². The van der Waals surface area contributed by atoms with Crippen LogP contribution in [0, 0.1) is 0 Å². The van der Waals surface area contributed by atoms with E-state index in [0.29, 0.717) is 11.5 Å². The van der Waals surface area contributed by atoms with Gasteiger partial charge in [-0.15, -0.1) is 16.4 Å². The molecule has 2 heterocycles. The van der Waals surface area contributed by atoms with E-state index in [1.807, 2.05) is 11.4 Å². The first-order valence-electron chi connectivity index (χ1n) is 8.15. The zero-order valence-corrected chi connectivity index (χ0v) is 14.4. The summed E-state index contributed by atoms with van der Waals surface area (Å²) < 4.78 is 1.38. The van der Waals surface area contributed by atoms with Crippen molar-refractivity contribution in [3.8, 4) is 0 Å². The predicted molar refractivity (Wildman–Crippen MR) is 92.2 cm³/mol. The van der Waals surface area contributed by atoms with E-state index in [-0.39, 0.29) is 24.3 Å². The number of thiophene rings is 1. The topological polar surface area (TPSA) is 88.9 Å². The normalized spacial score (nSPS) is 15.2. The van der Waals surface area contributed by atoms with Crippen LogP contribution in [0.1, 0.15) is 53.3 Å². The van der Waals surface area contributed by atoms with Gasteiger partial charge in [0.25, 0.3) is 5.91 Å². The van der Waals surface area contributed by atoms with Crippen LogP contribution >= 0.6 is 11.3 Å². The van der Waals surface area contributed by atoms with Crippen molar-refractivity contribution in [2.75, 3.05) is 12.4 Å². The van der Waals surface area contributed by atoms with Crippen LogP contribution in [0.25, 0.3) is 0 Å². The third kappa shape index (κ3) is 4.00. The highest BCUT2D eigenvalue weighted by Crippen LogP contribution is 2.35. The average molecular weight is 347 g/mol. The lowest BCUT2D eigenvalue weighted by Crippen LogP contribution is -2.23. The van der Waals surface area contributed by atoms with Crippen molar-refractivity contribution in [2.24, 2.45) is 0 Å². The molecule has 0 saturated heterocycles. The first kappa shape index (κ1) is 16.6. The summed E-state index contributed by atoms with van der Waals surface area (Å²) in [6.45, 7) is 0.0731. The van der Waals surface area contributed by atoms with Gasteiger partial charge in [-0.25, -0.2) is 9.67 Å². The second-order valence-electron chi connectivity index (χ2n) is 5.97. The molecule has 2 aromatic rings. The molecule has 0 aliphatic heterocycles. The number of carbonyl (C=O) groups is 2. The van der Waals surface area contributed by atoms with Crippen molar-refractivity contribution in [1.29, 1.82) is 0 Å². The van der Waals surface area contributed by atoms with Gasteiger partial charge in [0, 0.05) is 17.3 Å². The molecular weight excluding hydrogens is 326 g/mol. The highest BCUT2D eigenvalue weighted by Gasteiger charge is 2.19. The van der Waals surface area contributed by atoms with Gasteiger partial charge in [-0.3, -0.25) is 14.9 Å². The molecule has 8 heteroatoms. The molecule has 0 aromatic carbocycles. The number of rotatable bonds is 5. The molecule has 24 heavy (non-hydrogen) atoms. The first-order chi connectivity index (χ1) is 11.7. The molecule has 2 aromatic heterocycles. The minimum Gasteiger partial charge on any atom is -0.358 e. The maximum Gasteiger partial charge on any atom is 0.258 e. The van der Waals surface area contributed by atoms with E-state index < -0.39 is 0 Å². The van der Waals surface area contributed by atoms with Crippen LogP contribution in [0.5, 0.6) is 0 Å². The average Bonchev–Trinajstić information content (AvgIpc) is 3.25. The van der Waals surface area contributed by atoms with Crippen molar-refractivity contribution in [1.82, 2.24) is 20.1 Å². The molecule has 1 saturated carbocycles. The van der Waals surface area contributed by atoms with Crippen LogP contribution in [-0.2, 0) is 11.3 Å². The number of hydrogen-bond acceptors (Lipinski definition) is 5. The molecule has 128 valence electrons. The number of nitrogens with one attached hydrogen (secondary N) is 2. The van der Waals surface area contributed by atoms with Crippen LogP contribution in [0.3, 0.4) is 0 Å². The van der Waals surface area contributed by atoms with Crippen molar-refractivity contribution >= 4 is 29.1 Å². The molecule has 1 fully saturated rings. The second kappa shape index (κ2) is 7.57. The zero-order chi connectivity index (χ0) is 16.9. The Hall–Kier alpha value is -2.22. The number of hydrogen-bond donors (Lipinski definition) is 2. The van der Waals surface area contributed by atoms with Gasteiger partial charge >= 0.3 is 0 Å². The molecule has 0 atom stereocenters. The summed E-state index contributed by atoms with van der Waals surface area (Å²) in [5.41, 5.74) is 0.642. The Morgan fingerprint density at radius 2 is 2.12 bits per heavy atom. The molecule has 1 aliphatic carbocycles. The standard InChI is InChI=1S/C16H21N5O2S/c1-17-14(22)8-21-10-18-16(20-21)19-15(23)12-7-13(24-9-12)11-5-3-2-4-6-11/h7,9-11H,2-6,8H2,1H3,(H,17,22)(H,19,20,23). The lowest BCUT2D eigenvalue weighted by atomic mass is 9.88. The van der Waals surface area contributed by atoms with Crippen LogP contribution < -0.4 is 10.6 Å². The van der Waals surface area contributed by atoms with E-state index in [2.05, 4.69) is 20.7 Å². The van der Waals surface area contributed by atoms with Gasteiger partial charge in [0.1, 0.15) is 12.9 Å². The fourth-order valence-corrected chi connectivity index (χ4v) is 3.96. The Bertz CT molecular complexity index is 718. The van der Waals surface area contributed by atoms with Gasteiger partial charge in [-0.1, -0.05) is 19.3 Å². The third-order valence-electron chi connectivity index (χ3n) is 4.24. The summed E-state index contributed by atoms with van der Waals surface area (Å²) in [6, 6.07) is 1.98. The van der Waals surface area contributed by atoms with Crippen molar-refractivity contribution in [3.05, 3.63) is 28.2 Å². The summed E-state index contributed by atoms with van der Waals surface area (Å²) in [5, 5.41) is 11.2. The Kier molecular flexibility index (Phi) is 5.24. The number of carbonyl (C=O) groups excluding carboxylic acids is 2. The minimum absolute atomic E-state index is 0.0731. The van der Waals surface area contributed by atoms with Crippen molar-refractivity contribution in [2.45, 2.75) is 44.6 Å². The third-order valence-corrected chi connectivity index (χ3v) is 5.33. The van der Waals surface area contributed by atoms with E-state index in [0.717, 1.165) is 0 Å². The second-order valence-corrected chi connectivity index (χ2v) is 6.91. The van der Waals surface area contributed by atoms with Gasteiger partial charge in [-0.05, 0) is 24.8 Å². The molecule has 1 aliphatic rings. The van der Waals surface area contributed by atoms with E-state index in [1.165, 1.54) is 48.0 Å². The highest BCUT2D eigenvalue weighted by molar-refractivity contribution is 7.10. The number of amides is 2. The van der Waals surface area contributed by atoms with Gasteiger partial charge < -0.3 is 5.32 Å². The fraction of sp³-hybridized carbons (Fsp3) is 0.500. The lowest BCUT2D eigenvalue weighted by Gasteiger charge is -2.19. The van der Waals surface area contributed by atoms with Crippen LogP contribution in [0.15, 0.2) is 17.8 Å². The number of anilines is 1. The summed E-state index contributed by atoms with van der Waals surface area (Å²) in [4.78, 5) is 28.9. The van der Waals surface area contributed by atoms with Gasteiger partial charge in [0.05, 0.1) is 5.56 Å². The smallest absolute Gasteiger partial charge is 0.258 e. The van der Waals surface area contributed by atoms with Crippen molar-refractivity contribution < 1.29 is 9.59 Å². The fourth-order valence-electron chi connectivity index (χ4n) is 2.90. The van der Waals surface area contributed by atoms with E-state index in [1.54, 1.807) is 18.4 Å². The molecular formula is C16H21N5O2S. The van der Waals surface area contributed by atoms with Crippen LogP contribution in [0.4, 0.5) is 5.95 Å². The maximum atomic E-state index is 12.3. The van der Waals surface area contributed by atoms with Crippen molar-refractivity contribution in [3.63, 3.8) is 0 Å². The molecule has 0 spiro atoms. The number of likely N-dealkylation sites (N-methyl/N-ethyl adjacent to an activating group) is 1. The zero-order valence-electron chi connectivity index (χ0n) is 13.6. The maximum absolute atomic E-state index is 12.3. The summed E-state index contributed by atoms with van der Waals surface area (Å²) in [7, 11) is 1.56. The number of aromatic nitrogens is 3.